The van der Waals surface area contributed by atoms with Crippen LogP contribution in [0, 0.1) is 0 Å². The van der Waals surface area contributed by atoms with Crippen LogP contribution in [0.15, 0.2) is 34.9 Å². The summed E-state index contributed by atoms with van der Waals surface area (Å²) in [6.07, 6.45) is 6.57. The van der Waals surface area contributed by atoms with Gasteiger partial charge in [0.05, 0.1) is 12.7 Å². The summed E-state index contributed by atoms with van der Waals surface area (Å²) in [7, 11) is 0. The minimum absolute atomic E-state index is 0.163. The van der Waals surface area contributed by atoms with E-state index < -0.39 is 0 Å². The molecule has 1 unspecified atom stereocenters. The average Bonchev–Trinajstić information content (AvgIpc) is 2.71. The van der Waals surface area contributed by atoms with Gasteiger partial charge in [-0.05, 0) is 37.0 Å². The van der Waals surface area contributed by atoms with Crippen molar-refractivity contribution in [1.82, 2.24) is 9.78 Å². The molecule has 0 saturated heterocycles. The monoisotopic (exact) mass is 319 g/mol. The van der Waals surface area contributed by atoms with Crippen LogP contribution < -0.4 is 5.73 Å². The maximum absolute atomic E-state index is 6.21. The van der Waals surface area contributed by atoms with Crippen molar-refractivity contribution in [3.63, 3.8) is 0 Å². The minimum atomic E-state index is 0.163. The van der Waals surface area contributed by atoms with E-state index in [1.807, 2.05) is 6.20 Å². The summed E-state index contributed by atoms with van der Waals surface area (Å²) in [4.78, 5) is 0. The lowest BCUT2D eigenvalue weighted by molar-refractivity contribution is 0.602. The van der Waals surface area contributed by atoms with Crippen molar-refractivity contribution < 1.29 is 0 Å². The minimum Gasteiger partial charge on any atom is -0.324 e. The van der Waals surface area contributed by atoms with E-state index in [-0.39, 0.29) is 6.04 Å². The fraction of sp³-hybridized carbons (Fsp3) is 0.400. The number of nitrogens with two attached hydrogens (primary N) is 1. The topological polar surface area (TPSA) is 43.8 Å². The van der Waals surface area contributed by atoms with Crippen LogP contribution in [-0.4, -0.2) is 9.78 Å². The Morgan fingerprint density at radius 2 is 2.05 bits per heavy atom. The third-order valence-corrected chi connectivity index (χ3v) is 4.33. The molecule has 100 valence electrons. The van der Waals surface area contributed by atoms with Gasteiger partial charge in [-0.2, -0.15) is 5.10 Å². The van der Waals surface area contributed by atoms with E-state index in [2.05, 4.69) is 50.0 Å². The van der Waals surface area contributed by atoms with Crippen LogP contribution in [0.25, 0.3) is 0 Å². The van der Waals surface area contributed by atoms with E-state index in [0.29, 0.717) is 0 Å². The second kappa shape index (κ2) is 5.47. The molecule has 3 nitrogen and oxygen atoms in total. The summed E-state index contributed by atoms with van der Waals surface area (Å²) < 4.78 is 3.22. The molecule has 1 atom stereocenters. The van der Waals surface area contributed by atoms with Crippen LogP contribution in [-0.2, 0) is 13.0 Å². The van der Waals surface area contributed by atoms with Gasteiger partial charge in [-0.25, -0.2) is 0 Å². The molecule has 0 fully saturated rings. The van der Waals surface area contributed by atoms with Gasteiger partial charge in [-0.15, -0.1) is 0 Å². The van der Waals surface area contributed by atoms with E-state index in [0.717, 1.165) is 23.9 Å². The second-order valence-electron chi connectivity index (χ2n) is 5.18. The first-order valence-electron chi connectivity index (χ1n) is 6.78. The van der Waals surface area contributed by atoms with E-state index in [1.54, 1.807) is 0 Å². The SMILES string of the molecule is NC1CCCCc2c1cnn2Cc1ccc(Br)cc1. The van der Waals surface area contributed by atoms with Crippen molar-refractivity contribution in [2.45, 2.75) is 38.3 Å². The molecular weight excluding hydrogens is 302 g/mol. The lowest BCUT2D eigenvalue weighted by Crippen LogP contribution is -2.11. The molecule has 2 N–H and O–H groups in total. The highest BCUT2D eigenvalue weighted by Gasteiger charge is 2.19. The fourth-order valence-electron chi connectivity index (χ4n) is 2.72. The van der Waals surface area contributed by atoms with E-state index in [4.69, 9.17) is 5.73 Å². The summed E-state index contributed by atoms with van der Waals surface area (Å²) in [5.41, 5.74) is 10.1. The Bertz CT molecular complexity index is 559. The van der Waals surface area contributed by atoms with Crippen molar-refractivity contribution in [2.24, 2.45) is 5.73 Å². The number of nitrogens with zero attached hydrogens (tertiary/aromatic N) is 2. The van der Waals surface area contributed by atoms with Gasteiger partial charge in [-0.1, -0.05) is 34.5 Å². The largest absolute Gasteiger partial charge is 0.324 e. The Kier molecular flexibility index (Phi) is 3.71. The van der Waals surface area contributed by atoms with Gasteiger partial charge in [0.2, 0.25) is 0 Å². The molecule has 0 amide bonds. The lowest BCUT2D eigenvalue weighted by Gasteiger charge is -2.10. The molecule has 0 radical (unpaired) electrons. The van der Waals surface area contributed by atoms with Crippen LogP contribution in [0.3, 0.4) is 0 Å². The average molecular weight is 320 g/mol. The standard InChI is InChI=1S/C15H18BrN3/c16-12-7-5-11(6-8-12)10-19-15-4-2-1-3-14(17)13(15)9-18-19/h5-9,14H,1-4,10,17H2. The van der Waals surface area contributed by atoms with Gasteiger partial charge in [0.1, 0.15) is 0 Å². The van der Waals surface area contributed by atoms with Gasteiger partial charge in [-0.3, -0.25) is 4.68 Å². The Balaban J connectivity index is 1.87. The molecule has 4 heteroatoms. The Morgan fingerprint density at radius 3 is 2.84 bits per heavy atom. The molecule has 19 heavy (non-hydrogen) atoms. The predicted molar refractivity (Wildman–Crippen MR) is 80.0 cm³/mol. The van der Waals surface area contributed by atoms with Crippen LogP contribution in [0.1, 0.15) is 42.1 Å². The third-order valence-electron chi connectivity index (χ3n) is 3.80. The highest BCUT2D eigenvalue weighted by molar-refractivity contribution is 9.10. The Labute approximate surface area is 121 Å². The van der Waals surface area contributed by atoms with Gasteiger partial charge >= 0.3 is 0 Å². The predicted octanol–water partition coefficient (Wildman–Crippen LogP) is 3.42. The van der Waals surface area contributed by atoms with Gasteiger partial charge in [0, 0.05) is 21.8 Å². The molecule has 2 aromatic rings. The van der Waals surface area contributed by atoms with Crippen molar-refractivity contribution in [2.75, 3.05) is 0 Å². The number of halogens is 1. The van der Waals surface area contributed by atoms with Crippen LogP contribution >= 0.6 is 15.9 Å². The summed E-state index contributed by atoms with van der Waals surface area (Å²) >= 11 is 3.46. The second-order valence-corrected chi connectivity index (χ2v) is 6.10. The smallest absolute Gasteiger partial charge is 0.0662 e. The Morgan fingerprint density at radius 1 is 1.26 bits per heavy atom. The number of aromatic nitrogens is 2. The highest BCUT2D eigenvalue weighted by Crippen LogP contribution is 2.27. The number of rotatable bonds is 2. The zero-order valence-corrected chi connectivity index (χ0v) is 12.4. The number of benzene rings is 1. The molecule has 1 aromatic carbocycles. The molecule has 1 aliphatic rings. The van der Waals surface area contributed by atoms with Gasteiger partial charge < -0.3 is 5.73 Å². The molecular formula is C15H18BrN3. The summed E-state index contributed by atoms with van der Waals surface area (Å²) in [5, 5.41) is 4.53. The quantitative estimate of drug-likeness (QED) is 0.862. The van der Waals surface area contributed by atoms with E-state index >= 15 is 0 Å². The number of fused-ring (bicyclic) bond motifs is 1. The first kappa shape index (κ1) is 12.9. The highest BCUT2D eigenvalue weighted by atomic mass is 79.9. The number of hydrogen-bond donors (Lipinski definition) is 1. The first-order valence-corrected chi connectivity index (χ1v) is 7.58. The molecule has 1 aliphatic carbocycles. The molecule has 0 aliphatic heterocycles. The summed E-state index contributed by atoms with van der Waals surface area (Å²) in [5.74, 6) is 0. The first-order chi connectivity index (χ1) is 9.24. The van der Waals surface area contributed by atoms with E-state index in [1.165, 1.54) is 29.7 Å². The molecule has 1 heterocycles. The zero-order valence-electron chi connectivity index (χ0n) is 10.8. The van der Waals surface area contributed by atoms with Crippen molar-refractivity contribution >= 4 is 15.9 Å². The van der Waals surface area contributed by atoms with Gasteiger partial charge in [0.15, 0.2) is 0 Å². The molecule has 0 bridgehead atoms. The lowest BCUT2D eigenvalue weighted by atomic mass is 10.1. The fourth-order valence-corrected chi connectivity index (χ4v) is 2.98. The van der Waals surface area contributed by atoms with Crippen molar-refractivity contribution in [1.29, 1.82) is 0 Å². The number of hydrogen-bond acceptors (Lipinski definition) is 2. The van der Waals surface area contributed by atoms with Crippen LogP contribution in [0.5, 0.6) is 0 Å². The van der Waals surface area contributed by atoms with Crippen molar-refractivity contribution in [3.8, 4) is 0 Å². The molecule has 3 rings (SSSR count). The molecule has 1 aromatic heterocycles. The molecule has 0 saturated carbocycles. The normalized spacial score (nSPS) is 18.9. The van der Waals surface area contributed by atoms with Crippen LogP contribution in [0.4, 0.5) is 0 Å². The zero-order chi connectivity index (χ0) is 13.2. The molecule has 0 spiro atoms. The third kappa shape index (κ3) is 2.74. The maximum Gasteiger partial charge on any atom is 0.0662 e. The van der Waals surface area contributed by atoms with Gasteiger partial charge in [0.25, 0.3) is 0 Å². The maximum atomic E-state index is 6.21. The Hall–Kier alpha value is -1.13. The van der Waals surface area contributed by atoms with Crippen LogP contribution in [0.2, 0.25) is 0 Å². The summed E-state index contributed by atoms with van der Waals surface area (Å²) in [6, 6.07) is 8.58. The van der Waals surface area contributed by atoms with Crippen molar-refractivity contribution in [3.05, 3.63) is 51.8 Å². The van der Waals surface area contributed by atoms with E-state index in [9.17, 15) is 0 Å². The summed E-state index contributed by atoms with van der Waals surface area (Å²) in [6.45, 7) is 0.829.